The third-order valence-corrected chi connectivity index (χ3v) is 5.33. The molecule has 0 saturated heterocycles. The van der Waals surface area contributed by atoms with Gasteiger partial charge < -0.3 is 9.64 Å². The molecule has 0 heterocycles. The van der Waals surface area contributed by atoms with Crippen LogP contribution in [0.15, 0.2) is 53.4 Å². The molecule has 0 radical (unpaired) electrons. The average molecular weight is 366 g/mol. The molecule has 0 bridgehead atoms. The van der Waals surface area contributed by atoms with Crippen LogP contribution in [0, 0.1) is 5.82 Å². The van der Waals surface area contributed by atoms with E-state index in [0.717, 1.165) is 16.4 Å². The van der Waals surface area contributed by atoms with E-state index in [4.69, 9.17) is 4.74 Å². The van der Waals surface area contributed by atoms with E-state index in [1.165, 1.54) is 24.1 Å². The number of carbonyl (C=O) groups is 1. The molecule has 8 heteroatoms. The smallest absolute Gasteiger partial charge is 0.264 e. The quantitative estimate of drug-likeness (QED) is 0.785. The number of anilines is 1. The van der Waals surface area contributed by atoms with E-state index < -0.39 is 15.8 Å². The molecule has 0 spiro atoms. The van der Waals surface area contributed by atoms with Crippen LogP contribution < -0.4 is 9.04 Å². The topological polar surface area (TPSA) is 66.9 Å². The van der Waals surface area contributed by atoms with Crippen LogP contribution in [-0.4, -0.2) is 47.0 Å². The van der Waals surface area contributed by atoms with Gasteiger partial charge in [0.05, 0.1) is 17.7 Å². The molecule has 0 aliphatic heterocycles. The summed E-state index contributed by atoms with van der Waals surface area (Å²) in [5.41, 5.74) is 0.306. The summed E-state index contributed by atoms with van der Waals surface area (Å²) in [6.07, 6.45) is 0. The molecule has 0 unspecified atom stereocenters. The van der Waals surface area contributed by atoms with Gasteiger partial charge in [-0.2, -0.15) is 0 Å². The third kappa shape index (κ3) is 4.27. The Kier molecular flexibility index (Phi) is 5.63. The number of benzene rings is 2. The van der Waals surface area contributed by atoms with Gasteiger partial charge in [0.15, 0.2) is 0 Å². The summed E-state index contributed by atoms with van der Waals surface area (Å²) in [6.45, 7) is -0.376. The lowest BCUT2D eigenvalue weighted by molar-refractivity contribution is -0.127. The number of hydrogen-bond donors (Lipinski definition) is 0. The number of ether oxygens (including phenoxy) is 1. The molecule has 0 aliphatic carbocycles. The van der Waals surface area contributed by atoms with Crippen molar-refractivity contribution in [3.8, 4) is 5.75 Å². The van der Waals surface area contributed by atoms with Crippen LogP contribution in [0.4, 0.5) is 10.1 Å². The standard InChI is InChI=1S/C17H19FN2O4S/c1-19(2)17(21)12-20(14-6-8-15(24-3)9-7-14)25(22,23)16-10-4-13(18)5-11-16/h4-11H,12H2,1-3H3. The highest BCUT2D eigenvalue weighted by atomic mass is 32.2. The van der Waals surface area contributed by atoms with Gasteiger partial charge in [-0.1, -0.05) is 0 Å². The minimum atomic E-state index is -4.04. The van der Waals surface area contributed by atoms with Gasteiger partial charge in [-0.3, -0.25) is 9.10 Å². The van der Waals surface area contributed by atoms with E-state index in [1.54, 1.807) is 38.4 Å². The molecule has 2 aromatic carbocycles. The fourth-order valence-corrected chi connectivity index (χ4v) is 3.48. The Morgan fingerprint density at radius 2 is 1.60 bits per heavy atom. The third-order valence-electron chi connectivity index (χ3n) is 3.54. The summed E-state index contributed by atoms with van der Waals surface area (Å²) >= 11 is 0. The van der Waals surface area contributed by atoms with Crippen LogP contribution in [0.5, 0.6) is 5.75 Å². The molecular formula is C17H19FN2O4S. The van der Waals surface area contributed by atoms with Gasteiger partial charge in [0.1, 0.15) is 18.1 Å². The van der Waals surface area contributed by atoms with E-state index in [9.17, 15) is 17.6 Å². The molecule has 0 saturated carbocycles. The normalized spacial score (nSPS) is 11.0. The van der Waals surface area contributed by atoms with Crippen LogP contribution in [0.25, 0.3) is 0 Å². The highest BCUT2D eigenvalue weighted by Crippen LogP contribution is 2.26. The van der Waals surface area contributed by atoms with Crippen molar-refractivity contribution in [3.63, 3.8) is 0 Å². The van der Waals surface area contributed by atoms with Gasteiger partial charge in [0.2, 0.25) is 5.91 Å². The lowest BCUT2D eigenvalue weighted by Gasteiger charge is -2.25. The summed E-state index contributed by atoms with van der Waals surface area (Å²) in [5.74, 6) is -0.373. The summed E-state index contributed by atoms with van der Waals surface area (Å²) < 4.78 is 45.1. The molecule has 1 amide bonds. The number of carbonyl (C=O) groups excluding carboxylic acids is 1. The van der Waals surface area contributed by atoms with Gasteiger partial charge in [-0.05, 0) is 48.5 Å². The highest BCUT2D eigenvalue weighted by Gasteiger charge is 2.27. The predicted molar refractivity (Wildman–Crippen MR) is 92.6 cm³/mol. The Morgan fingerprint density at radius 3 is 2.08 bits per heavy atom. The molecule has 25 heavy (non-hydrogen) atoms. The monoisotopic (exact) mass is 366 g/mol. The largest absolute Gasteiger partial charge is 0.497 e. The summed E-state index contributed by atoms with van der Waals surface area (Å²) in [6, 6.07) is 10.7. The fraction of sp³-hybridized carbons (Fsp3) is 0.235. The second-order valence-electron chi connectivity index (χ2n) is 5.45. The van der Waals surface area contributed by atoms with E-state index in [1.807, 2.05) is 0 Å². The number of nitrogens with zero attached hydrogens (tertiary/aromatic N) is 2. The molecular weight excluding hydrogens is 347 g/mol. The Morgan fingerprint density at radius 1 is 1.04 bits per heavy atom. The summed E-state index contributed by atoms with van der Waals surface area (Å²) in [7, 11) is 0.538. The predicted octanol–water partition coefficient (Wildman–Crippen LogP) is 2.12. The van der Waals surface area contributed by atoms with Crippen molar-refractivity contribution in [3.05, 3.63) is 54.3 Å². The Hall–Kier alpha value is -2.61. The Labute approximate surface area is 146 Å². The van der Waals surface area contributed by atoms with Crippen molar-refractivity contribution >= 4 is 21.6 Å². The first-order valence-electron chi connectivity index (χ1n) is 7.38. The first-order valence-corrected chi connectivity index (χ1v) is 8.82. The van der Waals surface area contributed by atoms with Crippen molar-refractivity contribution in [1.82, 2.24) is 4.90 Å². The van der Waals surface area contributed by atoms with Gasteiger partial charge >= 0.3 is 0 Å². The van der Waals surface area contributed by atoms with Crippen molar-refractivity contribution in [2.75, 3.05) is 32.1 Å². The maximum Gasteiger partial charge on any atom is 0.264 e. The van der Waals surface area contributed by atoms with E-state index in [0.29, 0.717) is 11.4 Å². The number of hydrogen-bond acceptors (Lipinski definition) is 4. The summed E-state index contributed by atoms with van der Waals surface area (Å²) in [5, 5.41) is 0. The minimum Gasteiger partial charge on any atom is -0.497 e. The van der Waals surface area contributed by atoms with Crippen LogP contribution in [-0.2, 0) is 14.8 Å². The molecule has 0 N–H and O–H groups in total. The molecule has 2 rings (SSSR count). The van der Waals surface area contributed by atoms with Gasteiger partial charge in [0.25, 0.3) is 10.0 Å². The van der Waals surface area contributed by atoms with Gasteiger partial charge in [0, 0.05) is 14.1 Å². The van der Waals surface area contributed by atoms with Crippen molar-refractivity contribution in [1.29, 1.82) is 0 Å². The maximum absolute atomic E-state index is 13.1. The summed E-state index contributed by atoms with van der Waals surface area (Å²) in [4.78, 5) is 13.3. The Balaban J connectivity index is 2.48. The second-order valence-corrected chi connectivity index (χ2v) is 7.31. The lowest BCUT2D eigenvalue weighted by atomic mass is 10.3. The SMILES string of the molecule is COc1ccc(N(CC(=O)N(C)C)S(=O)(=O)c2ccc(F)cc2)cc1. The number of halogens is 1. The van der Waals surface area contributed by atoms with E-state index >= 15 is 0 Å². The zero-order chi connectivity index (χ0) is 18.6. The van der Waals surface area contributed by atoms with Crippen LogP contribution in [0.2, 0.25) is 0 Å². The van der Waals surface area contributed by atoms with Crippen LogP contribution in [0.3, 0.4) is 0 Å². The molecule has 0 fully saturated rings. The van der Waals surface area contributed by atoms with Crippen LogP contribution in [0.1, 0.15) is 0 Å². The molecule has 6 nitrogen and oxygen atoms in total. The fourth-order valence-electron chi connectivity index (χ4n) is 2.06. The van der Waals surface area contributed by atoms with E-state index in [-0.39, 0.29) is 17.3 Å². The molecule has 0 atom stereocenters. The number of rotatable bonds is 6. The zero-order valence-electron chi connectivity index (χ0n) is 14.1. The second kappa shape index (κ2) is 7.52. The number of amides is 1. The van der Waals surface area contributed by atoms with Gasteiger partial charge in [-0.25, -0.2) is 12.8 Å². The van der Waals surface area contributed by atoms with Crippen molar-refractivity contribution in [2.24, 2.45) is 0 Å². The lowest BCUT2D eigenvalue weighted by Crippen LogP contribution is -2.40. The van der Waals surface area contributed by atoms with E-state index in [2.05, 4.69) is 0 Å². The number of methoxy groups -OCH3 is 1. The maximum atomic E-state index is 13.1. The Bertz CT molecular complexity index is 834. The van der Waals surface area contributed by atoms with Crippen molar-refractivity contribution in [2.45, 2.75) is 4.90 Å². The first kappa shape index (κ1) is 18.7. The number of likely N-dealkylation sites (N-methyl/N-ethyl adjacent to an activating group) is 1. The van der Waals surface area contributed by atoms with Crippen LogP contribution >= 0.6 is 0 Å². The molecule has 0 aliphatic rings. The molecule has 2 aromatic rings. The highest BCUT2D eigenvalue weighted by molar-refractivity contribution is 7.92. The van der Waals surface area contributed by atoms with Crippen molar-refractivity contribution < 1.29 is 22.3 Å². The minimum absolute atomic E-state index is 0.101. The zero-order valence-corrected chi connectivity index (χ0v) is 15.0. The average Bonchev–Trinajstić information content (AvgIpc) is 2.59. The molecule has 0 aromatic heterocycles. The number of sulfonamides is 1. The van der Waals surface area contributed by atoms with Gasteiger partial charge in [-0.15, -0.1) is 0 Å². The molecule has 134 valence electrons. The first-order chi connectivity index (χ1) is 11.8.